The molecule has 2 aromatic rings. The smallest absolute Gasteiger partial charge is 0.295 e. The Morgan fingerprint density at radius 2 is 1.75 bits per heavy atom. The number of carbonyl (C=O) groups excluding carboxylic acids is 2. The van der Waals surface area contributed by atoms with Crippen LogP contribution in [0.25, 0.3) is 0 Å². The number of hydrogen-bond acceptors (Lipinski definition) is 5. The molecule has 124 valence electrons. The maximum absolute atomic E-state index is 12.6. The van der Waals surface area contributed by atoms with E-state index < -0.39 is 5.37 Å². The number of anilines is 2. The SMILES string of the molecule is CCOc1ccc(NC2SC(=O)N(c3ccc(C)cc3)C2=O)cc1. The largest absolute Gasteiger partial charge is 0.494 e. The Balaban J connectivity index is 1.72. The molecule has 0 aliphatic carbocycles. The number of aryl methyl sites for hydroxylation is 1. The highest BCUT2D eigenvalue weighted by Crippen LogP contribution is 2.32. The van der Waals surface area contributed by atoms with Gasteiger partial charge in [0, 0.05) is 5.69 Å². The van der Waals surface area contributed by atoms with E-state index in [2.05, 4.69) is 5.32 Å². The molecule has 0 radical (unpaired) electrons. The van der Waals surface area contributed by atoms with E-state index in [4.69, 9.17) is 4.74 Å². The predicted molar refractivity (Wildman–Crippen MR) is 96.7 cm³/mol. The van der Waals surface area contributed by atoms with Crippen molar-refractivity contribution in [2.45, 2.75) is 19.2 Å². The molecule has 1 heterocycles. The summed E-state index contributed by atoms with van der Waals surface area (Å²) in [6.45, 7) is 4.48. The van der Waals surface area contributed by atoms with Crippen molar-refractivity contribution < 1.29 is 14.3 Å². The van der Waals surface area contributed by atoms with Crippen molar-refractivity contribution in [1.29, 1.82) is 0 Å². The standard InChI is InChI=1S/C18H18N2O3S/c1-3-23-15-10-6-13(7-11-15)19-16-17(21)20(18(22)24-16)14-8-4-12(2)5-9-14/h4-11,16,19H,3H2,1-2H3. The van der Waals surface area contributed by atoms with Crippen LogP contribution in [0, 0.1) is 6.92 Å². The van der Waals surface area contributed by atoms with Crippen molar-refractivity contribution in [2.75, 3.05) is 16.8 Å². The minimum absolute atomic E-state index is 0.261. The fourth-order valence-electron chi connectivity index (χ4n) is 2.39. The Hall–Kier alpha value is -2.47. The Morgan fingerprint density at radius 3 is 2.38 bits per heavy atom. The number of nitrogens with one attached hydrogen (secondary N) is 1. The van der Waals surface area contributed by atoms with Crippen LogP contribution >= 0.6 is 11.8 Å². The number of hydrogen-bond donors (Lipinski definition) is 1. The van der Waals surface area contributed by atoms with E-state index in [9.17, 15) is 9.59 Å². The van der Waals surface area contributed by atoms with Crippen LogP contribution in [-0.4, -0.2) is 23.1 Å². The van der Waals surface area contributed by atoms with Gasteiger partial charge in [-0.05, 0) is 62.0 Å². The Labute approximate surface area is 145 Å². The molecule has 0 aromatic heterocycles. The second-order valence-electron chi connectivity index (χ2n) is 5.37. The zero-order valence-corrected chi connectivity index (χ0v) is 14.3. The van der Waals surface area contributed by atoms with Crippen molar-refractivity contribution in [2.24, 2.45) is 0 Å². The number of nitrogens with zero attached hydrogens (tertiary/aromatic N) is 1. The van der Waals surface area contributed by atoms with Crippen LogP contribution in [0.2, 0.25) is 0 Å². The molecule has 1 atom stereocenters. The molecule has 0 spiro atoms. The highest BCUT2D eigenvalue weighted by Gasteiger charge is 2.40. The summed E-state index contributed by atoms with van der Waals surface area (Å²) in [5.41, 5.74) is 2.44. The first-order valence-corrected chi connectivity index (χ1v) is 8.57. The summed E-state index contributed by atoms with van der Waals surface area (Å²) >= 11 is 0.985. The van der Waals surface area contributed by atoms with E-state index in [1.54, 1.807) is 12.1 Å². The molecular weight excluding hydrogens is 324 g/mol. The summed E-state index contributed by atoms with van der Waals surface area (Å²) in [7, 11) is 0. The van der Waals surface area contributed by atoms with Crippen molar-refractivity contribution in [1.82, 2.24) is 0 Å². The van der Waals surface area contributed by atoms with Gasteiger partial charge < -0.3 is 10.1 Å². The van der Waals surface area contributed by atoms with Crippen molar-refractivity contribution in [3.63, 3.8) is 0 Å². The molecule has 2 aromatic carbocycles. The average molecular weight is 342 g/mol. The maximum atomic E-state index is 12.6. The molecule has 1 aliphatic rings. The fourth-order valence-corrected chi connectivity index (χ4v) is 3.30. The molecule has 5 nitrogen and oxygen atoms in total. The van der Waals surface area contributed by atoms with Gasteiger partial charge >= 0.3 is 0 Å². The molecule has 1 unspecified atom stereocenters. The van der Waals surface area contributed by atoms with E-state index in [1.165, 1.54) is 4.90 Å². The molecule has 6 heteroatoms. The van der Waals surface area contributed by atoms with Crippen LogP contribution in [0.4, 0.5) is 16.2 Å². The van der Waals surface area contributed by atoms with Crippen LogP contribution in [-0.2, 0) is 4.79 Å². The van der Waals surface area contributed by atoms with Gasteiger partial charge in [-0.25, -0.2) is 4.90 Å². The summed E-state index contributed by atoms with van der Waals surface area (Å²) < 4.78 is 5.39. The number of ether oxygens (including phenoxy) is 1. The summed E-state index contributed by atoms with van der Waals surface area (Å²) in [5.74, 6) is 0.508. The van der Waals surface area contributed by atoms with E-state index in [0.29, 0.717) is 12.3 Å². The third kappa shape index (κ3) is 3.38. The first kappa shape index (κ1) is 16.4. The topological polar surface area (TPSA) is 58.6 Å². The Bertz CT molecular complexity index is 744. The molecule has 1 fully saturated rings. The van der Waals surface area contributed by atoms with E-state index >= 15 is 0 Å². The van der Waals surface area contributed by atoms with Gasteiger partial charge in [0.05, 0.1) is 12.3 Å². The summed E-state index contributed by atoms with van der Waals surface area (Å²) in [6, 6.07) is 14.7. The highest BCUT2D eigenvalue weighted by atomic mass is 32.2. The first-order valence-electron chi connectivity index (χ1n) is 7.69. The van der Waals surface area contributed by atoms with Crippen molar-refractivity contribution in [3.8, 4) is 5.75 Å². The predicted octanol–water partition coefficient (Wildman–Crippen LogP) is 4.03. The lowest BCUT2D eigenvalue weighted by Gasteiger charge is -2.15. The summed E-state index contributed by atoms with van der Waals surface area (Å²) in [5, 5.41) is 2.20. The van der Waals surface area contributed by atoms with Gasteiger partial charge in [0.2, 0.25) is 0 Å². The summed E-state index contributed by atoms with van der Waals surface area (Å²) in [4.78, 5) is 26.0. The van der Waals surface area contributed by atoms with Crippen molar-refractivity contribution in [3.05, 3.63) is 54.1 Å². The van der Waals surface area contributed by atoms with Gasteiger partial charge in [0.15, 0.2) is 5.37 Å². The number of carbonyl (C=O) groups is 2. The van der Waals surface area contributed by atoms with Crippen LogP contribution in [0.1, 0.15) is 12.5 Å². The molecule has 1 saturated heterocycles. The van der Waals surface area contributed by atoms with Gasteiger partial charge in [0.1, 0.15) is 5.75 Å². The average Bonchev–Trinajstić information content (AvgIpc) is 2.85. The lowest BCUT2D eigenvalue weighted by Crippen LogP contribution is -2.34. The fraction of sp³-hybridized carbons (Fsp3) is 0.222. The lowest BCUT2D eigenvalue weighted by molar-refractivity contribution is -0.116. The molecule has 0 bridgehead atoms. The highest BCUT2D eigenvalue weighted by molar-refractivity contribution is 8.16. The number of imide groups is 1. The monoisotopic (exact) mass is 342 g/mol. The number of rotatable bonds is 5. The zero-order chi connectivity index (χ0) is 17.1. The molecule has 3 rings (SSSR count). The molecule has 24 heavy (non-hydrogen) atoms. The minimum Gasteiger partial charge on any atom is -0.494 e. The van der Waals surface area contributed by atoms with Gasteiger partial charge in [-0.1, -0.05) is 17.7 Å². The van der Waals surface area contributed by atoms with Crippen LogP contribution in [0.3, 0.4) is 0 Å². The number of benzene rings is 2. The quantitative estimate of drug-likeness (QED) is 0.889. The zero-order valence-electron chi connectivity index (χ0n) is 13.5. The molecule has 1 N–H and O–H groups in total. The van der Waals surface area contributed by atoms with Gasteiger partial charge in [-0.15, -0.1) is 0 Å². The lowest BCUT2D eigenvalue weighted by atomic mass is 10.2. The van der Waals surface area contributed by atoms with E-state index in [0.717, 1.165) is 28.8 Å². The third-order valence-corrected chi connectivity index (χ3v) is 4.54. The number of thioether (sulfide) groups is 1. The second kappa shape index (κ2) is 6.97. The van der Waals surface area contributed by atoms with E-state index in [-0.39, 0.29) is 11.1 Å². The van der Waals surface area contributed by atoms with Crippen LogP contribution in [0.15, 0.2) is 48.5 Å². The van der Waals surface area contributed by atoms with E-state index in [1.807, 2.05) is 50.2 Å². The molecule has 0 saturated carbocycles. The van der Waals surface area contributed by atoms with Crippen LogP contribution < -0.4 is 15.0 Å². The molecular formula is C18H18N2O3S. The van der Waals surface area contributed by atoms with Gasteiger partial charge in [-0.2, -0.15) is 0 Å². The van der Waals surface area contributed by atoms with Crippen LogP contribution in [0.5, 0.6) is 5.75 Å². The Morgan fingerprint density at radius 1 is 1.08 bits per heavy atom. The van der Waals surface area contributed by atoms with Gasteiger partial charge in [0.25, 0.3) is 11.1 Å². The number of amides is 2. The molecule has 1 aliphatic heterocycles. The normalized spacial score (nSPS) is 17.2. The molecule has 2 amide bonds. The third-order valence-electron chi connectivity index (χ3n) is 3.60. The minimum atomic E-state index is -0.628. The summed E-state index contributed by atoms with van der Waals surface area (Å²) in [6.07, 6.45) is 0. The maximum Gasteiger partial charge on any atom is 0.295 e. The second-order valence-corrected chi connectivity index (χ2v) is 6.43. The Kier molecular flexibility index (Phi) is 4.76. The van der Waals surface area contributed by atoms with Gasteiger partial charge in [-0.3, -0.25) is 9.59 Å². The van der Waals surface area contributed by atoms with Crippen molar-refractivity contribution >= 4 is 34.3 Å². The first-order chi connectivity index (χ1) is 11.6.